The van der Waals surface area contributed by atoms with Gasteiger partial charge in [0.05, 0.1) is 0 Å². The van der Waals surface area contributed by atoms with E-state index in [0.717, 1.165) is 44.3 Å². The molecule has 0 aromatic carbocycles. The van der Waals surface area contributed by atoms with Crippen molar-refractivity contribution in [1.82, 2.24) is 25.1 Å². The molecule has 1 unspecified atom stereocenters. The zero-order valence-corrected chi connectivity index (χ0v) is 20.6. The number of hydrogen-bond acceptors (Lipinski definition) is 3. The van der Waals surface area contributed by atoms with Gasteiger partial charge in [0.15, 0.2) is 5.96 Å². The number of aliphatic imine (C=N–C) groups is 1. The first-order valence-electron chi connectivity index (χ1n) is 10.8. The lowest BCUT2D eigenvalue weighted by molar-refractivity contribution is 0.161. The van der Waals surface area contributed by atoms with Crippen molar-refractivity contribution in [3.8, 4) is 0 Å². The highest BCUT2D eigenvalue weighted by molar-refractivity contribution is 14.0. The summed E-state index contributed by atoms with van der Waals surface area (Å²) in [6.07, 6.45) is 11.6. The van der Waals surface area contributed by atoms with E-state index < -0.39 is 0 Å². The van der Waals surface area contributed by atoms with Crippen molar-refractivity contribution in [2.24, 2.45) is 10.9 Å². The molecule has 1 aromatic heterocycles. The molecule has 0 aliphatic carbocycles. The van der Waals surface area contributed by atoms with Crippen molar-refractivity contribution >= 4 is 29.9 Å². The fourth-order valence-corrected chi connectivity index (χ4v) is 3.89. The topological polar surface area (TPSA) is 57.5 Å². The van der Waals surface area contributed by atoms with Gasteiger partial charge in [0.25, 0.3) is 0 Å². The van der Waals surface area contributed by atoms with E-state index in [9.17, 15) is 0 Å². The van der Waals surface area contributed by atoms with E-state index in [1.165, 1.54) is 38.8 Å². The van der Waals surface area contributed by atoms with Gasteiger partial charge in [-0.25, -0.2) is 4.98 Å². The minimum absolute atomic E-state index is 0. The van der Waals surface area contributed by atoms with Crippen molar-refractivity contribution in [2.45, 2.75) is 71.9 Å². The summed E-state index contributed by atoms with van der Waals surface area (Å²) in [5.41, 5.74) is 0. The van der Waals surface area contributed by atoms with E-state index in [1.54, 1.807) is 0 Å². The van der Waals surface area contributed by atoms with Crippen LogP contribution in [0.3, 0.4) is 0 Å². The lowest BCUT2D eigenvalue weighted by atomic mass is 10.0. The molecule has 1 aliphatic heterocycles. The van der Waals surface area contributed by atoms with Crippen LogP contribution >= 0.6 is 24.0 Å². The second-order valence-electron chi connectivity index (χ2n) is 8.02. The number of likely N-dealkylation sites (tertiary alicyclic amines) is 1. The Balaban J connectivity index is 0.00000392. The van der Waals surface area contributed by atoms with Crippen LogP contribution < -0.4 is 10.6 Å². The maximum absolute atomic E-state index is 4.41. The van der Waals surface area contributed by atoms with Crippen molar-refractivity contribution in [2.75, 3.05) is 33.2 Å². The van der Waals surface area contributed by atoms with E-state index in [-0.39, 0.29) is 24.0 Å². The SMILES string of the molecule is CN=C(NCCCCn1ccnc1C)NCC(C(C)C)N1CCCCCC1.I. The molecule has 1 aliphatic rings. The monoisotopic (exact) mass is 504 g/mol. The van der Waals surface area contributed by atoms with Crippen LogP contribution in [0, 0.1) is 12.8 Å². The van der Waals surface area contributed by atoms with E-state index in [2.05, 4.69) is 57.0 Å². The third-order valence-electron chi connectivity index (χ3n) is 5.62. The Morgan fingerprint density at radius 2 is 1.86 bits per heavy atom. The lowest BCUT2D eigenvalue weighted by Crippen LogP contribution is -2.49. The largest absolute Gasteiger partial charge is 0.356 e. The summed E-state index contributed by atoms with van der Waals surface area (Å²) in [5, 5.41) is 7.03. The lowest BCUT2D eigenvalue weighted by Gasteiger charge is -2.34. The predicted molar refractivity (Wildman–Crippen MR) is 130 cm³/mol. The molecule has 0 bridgehead atoms. The number of unbranched alkanes of at least 4 members (excludes halogenated alkanes) is 1. The van der Waals surface area contributed by atoms with Gasteiger partial charge in [-0.05, 0) is 51.6 Å². The van der Waals surface area contributed by atoms with Crippen LogP contribution in [0.2, 0.25) is 0 Å². The van der Waals surface area contributed by atoms with Crippen molar-refractivity contribution in [3.05, 3.63) is 18.2 Å². The molecule has 1 saturated heterocycles. The standard InChI is InChI=1S/C21H40N6.HI/c1-18(2)20(27-14-8-5-6-9-15-27)17-25-21(22-4)24-11-7-10-13-26-16-12-23-19(26)3;/h12,16,18,20H,5-11,13-15,17H2,1-4H3,(H2,22,24,25);1H. The van der Waals surface area contributed by atoms with Gasteiger partial charge in [0.1, 0.15) is 5.82 Å². The molecular weight excluding hydrogens is 463 g/mol. The normalized spacial score (nSPS) is 17.1. The highest BCUT2D eigenvalue weighted by Gasteiger charge is 2.22. The molecule has 1 fully saturated rings. The second-order valence-corrected chi connectivity index (χ2v) is 8.02. The van der Waals surface area contributed by atoms with E-state index in [4.69, 9.17) is 0 Å². The fraction of sp³-hybridized carbons (Fsp3) is 0.810. The summed E-state index contributed by atoms with van der Waals surface area (Å²) in [7, 11) is 1.86. The van der Waals surface area contributed by atoms with Crippen LogP contribution in [0.4, 0.5) is 0 Å². The molecule has 2 heterocycles. The number of aryl methyl sites for hydroxylation is 2. The van der Waals surface area contributed by atoms with E-state index in [0.29, 0.717) is 12.0 Å². The van der Waals surface area contributed by atoms with Crippen LogP contribution in [0.1, 0.15) is 58.2 Å². The third-order valence-corrected chi connectivity index (χ3v) is 5.62. The predicted octanol–water partition coefficient (Wildman–Crippen LogP) is 3.66. The molecular formula is C21H41IN6. The van der Waals surface area contributed by atoms with Gasteiger partial charge in [-0.3, -0.25) is 9.89 Å². The minimum atomic E-state index is 0. The van der Waals surface area contributed by atoms with Gasteiger partial charge in [0.2, 0.25) is 0 Å². The van der Waals surface area contributed by atoms with Gasteiger partial charge in [0, 0.05) is 45.1 Å². The van der Waals surface area contributed by atoms with Gasteiger partial charge < -0.3 is 15.2 Å². The van der Waals surface area contributed by atoms with Crippen LogP contribution in [0.5, 0.6) is 0 Å². The number of nitrogens with one attached hydrogen (secondary N) is 2. The van der Waals surface area contributed by atoms with Gasteiger partial charge in [-0.2, -0.15) is 0 Å². The number of guanidine groups is 1. The van der Waals surface area contributed by atoms with Crippen LogP contribution in [0.15, 0.2) is 17.4 Å². The summed E-state index contributed by atoms with van der Waals surface area (Å²) in [4.78, 5) is 11.4. The summed E-state index contributed by atoms with van der Waals surface area (Å²) in [6.45, 7) is 12.2. The average molecular weight is 505 g/mol. The molecule has 6 nitrogen and oxygen atoms in total. The Bertz CT molecular complexity index is 549. The first-order valence-corrected chi connectivity index (χ1v) is 10.8. The van der Waals surface area contributed by atoms with E-state index in [1.807, 2.05) is 13.2 Å². The fourth-order valence-electron chi connectivity index (χ4n) is 3.89. The summed E-state index contributed by atoms with van der Waals surface area (Å²) < 4.78 is 2.21. The van der Waals surface area contributed by atoms with Crippen LogP contribution in [0.25, 0.3) is 0 Å². The molecule has 1 atom stereocenters. The Morgan fingerprint density at radius 1 is 1.14 bits per heavy atom. The van der Waals surface area contributed by atoms with Crippen LogP contribution in [-0.2, 0) is 6.54 Å². The molecule has 1 aromatic rings. The molecule has 0 spiro atoms. The molecule has 162 valence electrons. The maximum atomic E-state index is 4.41. The van der Waals surface area contributed by atoms with Gasteiger partial charge >= 0.3 is 0 Å². The summed E-state index contributed by atoms with van der Waals surface area (Å²) in [6, 6.07) is 0.575. The number of aromatic nitrogens is 2. The van der Waals surface area contributed by atoms with Gasteiger partial charge in [-0.1, -0.05) is 26.7 Å². The first kappa shape index (κ1) is 25.2. The number of halogens is 1. The Labute approximate surface area is 189 Å². The molecule has 2 rings (SSSR count). The molecule has 0 radical (unpaired) electrons. The van der Waals surface area contributed by atoms with Crippen molar-refractivity contribution in [1.29, 1.82) is 0 Å². The number of hydrogen-bond donors (Lipinski definition) is 2. The molecule has 7 heteroatoms. The highest BCUT2D eigenvalue weighted by Crippen LogP contribution is 2.17. The molecule has 0 amide bonds. The molecule has 28 heavy (non-hydrogen) atoms. The Morgan fingerprint density at radius 3 is 2.43 bits per heavy atom. The van der Waals surface area contributed by atoms with Crippen LogP contribution in [-0.4, -0.2) is 59.7 Å². The van der Waals surface area contributed by atoms with Gasteiger partial charge in [-0.15, -0.1) is 24.0 Å². The maximum Gasteiger partial charge on any atom is 0.191 e. The average Bonchev–Trinajstić information content (AvgIpc) is 2.89. The highest BCUT2D eigenvalue weighted by atomic mass is 127. The number of imidazole rings is 1. The van der Waals surface area contributed by atoms with E-state index >= 15 is 0 Å². The molecule has 0 saturated carbocycles. The first-order chi connectivity index (χ1) is 13.1. The zero-order chi connectivity index (χ0) is 19.5. The quantitative estimate of drug-likeness (QED) is 0.233. The smallest absolute Gasteiger partial charge is 0.191 e. The number of rotatable bonds is 9. The second kappa shape index (κ2) is 14.2. The zero-order valence-electron chi connectivity index (χ0n) is 18.3. The summed E-state index contributed by atoms with van der Waals surface area (Å²) >= 11 is 0. The number of nitrogens with zero attached hydrogens (tertiary/aromatic N) is 4. The van der Waals surface area contributed by atoms with Crippen molar-refractivity contribution < 1.29 is 0 Å². The Kier molecular flexibility index (Phi) is 12.8. The van der Waals surface area contributed by atoms with Crippen molar-refractivity contribution in [3.63, 3.8) is 0 Å². The summed E-state index contributed by atoms with van der Waals surface area (Å²) in [5.74, 6) is 2.66. The Hall–Kier alpha value is -0.830. The minimum Gasteiger partial charge on any atom is -0.356 e. The third kappa shape index (κ3) is 8.68. The molecule has 2 N–H and O–H groups in total.